The molecule has 0 bridgehead atoms. The molecule has 4 rings (SSSR count). The zero-order valence-corrected chi connectivity index (χ0v) is 19.8. The Morgan fingerprint density at radius 2 is 1.69 bits per heavy atom. The van der Waals surface area contributed by atoms with E-state index in [0.29, 0.717) is 6.61 Å². The third kappa shape index (κ3) is 5.37. The molecule has 2 heterocycles. The molecule has 0 N–H and O–H groups in total. The average Bonchev–Trinajstić information content (AvgIpc) is 3.20. The summed E-state index contributed by atoms with van der Waals surface area (Å²) < 4.78 is 7.38. The third-order valence-electron chi connectivity index (χ3n) is 6.00. The average molecular weight is 457 g/mol. The van der Waals surface area contributed by atoms with Crippen LogP contribution in [0.15, 0.2) is 60.8 Å². The number of aromatic nitrogens is 1. The van der Waals surface area contributed by atoms with Gasteiger partial charge in [0.15, 0.2) is 0 Å². The maximum atomic E-state index is 11.9. The standard InChI is InChI=1S/C25H32N4O2.ClH/c1-3-31-25(30)28-18-16-27(17-19-28)15-9-14-26(2)29-20-23(21-10-5-4-6-11-21)22-12-7-8-13-24(22)29;/h4-8,10-13,20H,3,9,14-19H2,1-2H3;1H. The number of halogens is 1. The predicted molar refractivity (Wildman–Crippen MR) is 133 cm³/mol. The molecular weight excluding hydrogens is 424 g/mol. The normalized spacial score (nSPS) is 14.2. The highest BCUT2D eigenvalue weighted by Crippen LogP contribution is 2.30. The first-order chi connectivity index (χ1) is 15.2. The fourth-order valence-electron chi connectivity index (χ4n) is 4.29. The molecule has 0 aliphatic carbocycles. The fraction of sp³-hybridized carbons (Fsp3) is 0.400. The van der Waals surface area contributed by atoms with Crippen LogP contribution < -0.4 is 5.01 Å². The highest BCUT2D eigenvalue weighted by molar-refractivity contribution is 5.96. The van der Waals surface area contributed by atoms with Crippen LogP contribution in [0.5, 0.6) is 0 Å². The summed E-state index contributed by atoms with van der Waals surface area (Å²) in [6.07, 6.45) is 3.14. The van der Waals surface area contributed by atoms with E-state index < -0.39 is 0 Å². The number of carbonyl (C=O) groups excluding carboxylic acids is 1. The van der Waals surface area contributed by atoms with E-state index in [9.17, 15) is 4.79 Å². The van der Waals surface area contributed by atoms with Crippen LogP contribution in [0.4, 0.5) is 4.79 Å². The minimum atomic E-state index is -0.185. The molecule has 0 atom stereocenters. The molecule has 3 aromatic rings. The maximum Gasteiger partial charge on any atom is 0.409 e. The molecule has 1 amide bonds. The summed E-state index contributed by atoms with van der Waals surface area (Å²) in [6, 6.07) is 19.2. The SMILES string of the molecule is CCOC(=O)N1CCN(CCCN(C)n2cc(-c3ccccc3)c3ccccc32)CC1.Cl. The molecule has 6 nitrogen and oxygen atoms in total. The van der Waals surface area contributed by atoms with Crippen molar-refractivity contribution >= 4 is 29.4 Å². The number of para-hydroxylation sites is 1. The molecule has 7 heteroatoms. The highest BCUT2D eigenvalue weighted by atomic mass is 35.5. The zero-order chi connectivity index (χ0) is 21.6. The van der Waals surface area contributed by atoms with Crippen molar-refractivity contribution in [1.82, 2.24) is 14.5 Å². The van der Waals surface area contributed by atoms with Crippen LogP contribution in [0.2, 0.25) is 0 Å². The van der Waals surface area contributed by atoms with E-state index in [0.717, 1.165) is 45.7 Å². The van der Waals surface area contributed by atoms with Crippen molar-refractivity contribution in [3.63, 3.8) is 0 Å². The van der Waals surface area contributed by atoms with Crippen molar-refractivity contribution in [2.24, 2.45) is 0 Å². The molecule has 0 saturated carbocycles. The first kappa shape index (κ1) is 24.0. The lowest BCUT2D eigenvalue weighted by atomic mass is 10.1. The molecule has 0 unspecified atom stereocenters. The Morgan fingerprint density at radius 1 is 1.00 bits per heavy atom. The Labute approximate surface area is 196 Å². The van der Waals surface area contributed by atoms with Crippen LogP contribution in [0.3, 0.4) is 0 Å². The van der Waals surface area contributed by atoms with Gasteiger partial charge in [-0.2, -0.15) is 0 Å². The van der Waals surface area contributed by atoms with Gasteiger partial charge in [-0.3, -0.25) is 9.58 Å². The lowest BCUT2D eigenvalue weighted by Gasteiger charge is -2.34. The minimum absolute atomic E-state index is 0. The Morgan fingerprint density at radius 3 is 2.41 bits per heavy atom. The summed E-state index contributed by atoms with van der Waals surface area (Å²) in [4.78, 5) is 16.1. The third-order valence-corrected chi connectivity index (χ3v) is 6.00. The molecule has 172 valence electrons. The van der Waals surface area contributed by atoms with Gasteiger partial charge in [0.1, 0.15) is 0 Å². The second-order valence-corrected chi connectivity index (χ2v) is 8.03. The first-order valence-electron chi connectivity index (χ1n) is 11.2. The van der Waals surface area contributed by atoms with Crippen LogP contribution in [0.25, 0.3) is 22.0 Å². The van der Waals surface area contributed by atoms with Crippen molar-refractivity contribution in [3.05, 3.63) is 60.8 Å². The summed E-state index contributed by atoms with van der Waals surface area (Å²) in [5.41, 5.74) is 3.73. The van der Waals surface area contributed by atoms with Crippen molar-refractivity contribution < 1.29 is 9.53 Å². The molecular formula is C25H33ClN4O2. The van der Waals surface area contributed by atoms with Crippen LogP contribution in [0.1, 0.15) is 13.3 Å². The molecule has 32 heavy (non-hydrogen) atoms. The van der Waals surface area contributed by atoms with Crippen LogP contribution >= 0.6 is 12.4 Å². The number of ether oxygens (including phenoxy) is 1. The predicted octanol–water partition coefficient (Wildman–Crippen LogP) is 4.46. The summed E-state index contributed by atoms with van der Waals surface area (Å²) in [6.45, 7) is 7.60. The largest absolute Gasteiger partial charge is 0.450 e. The number of fused-ring (bicyclic) bond motifs is 1. The lowest BCUT2D eigenvalue weighted by Crippen LogP contribution is -2.49. The minimum Gasteiger partial charge on any atom is -0.450 e. The smallest absolute Gasteiger partial charge is 0.409 e. The zero-order valence-electron chi connectivity index (χ0n) is 18.9. The van der Waals surface area contributed by atoms with Gasteiger partial charge in [0.2, 0.25) is 0 Å². The van der Waals surface area contributed by atoms with Crippen LogP contribution in [-0.2, 0) is 4.74 Å². The molecule has 1 aromatic heterocycles. The number of piperazine rings is 1. The number of carbonyl (C=O) groups is 1. The number of hydrogen-bond donors (Lipinski definition) is 0. The molecule has 0 spiro atoms. The Bertz CT molecular complexity index is 1000. The molecule has 2 aromatic carbocycles. The van der Waals surface area contributed by atoms with Crippen molar-refractivity contribution in [2.45, 2.75) is 13.3 Å². The molecule has 1 fully saturated rings. The van der Waals surface area contributed by atoms with Crippen molar-refractivity contribution in [2.75, 3.05) is 57.9 Å². The van der Waals surface area contributed by atoms with E-state index >= 15 is 0 Å². The van der Waals surface area contributed by atoms with E-state index in [4.69, 9.17) is 4.74 Å². The van der Waals surface area contributed by atoms with E-state index in [1.807, 2.05) is 11.8 Å². The Hall–Kier alpha value is -2.70. The maximum absolute atomic E-state index is 11.9. The van der Waals surface area contributed by atoms with E-state index in [-0.39, 0.29) is 18.5 Å². The van der Waals surface area contributed by atoms with Gasteiger partial charge in [0, 0.05) is 63.5 Å². The summed E-state index contributed by atoms with van der Waals surface area (Å²) in [5, 5.41) is 3.57. The second kappa shape index (κ2) is 11.2. The summed E-state index contributed by atoms with van der Waals surface area (Å²) in [7, 11) is 2.15. The quantitative estimate of drug-likeness (QED) is 0.526. The van der Waals surface area contributed by atoms with E-state index in [1.165, 1.54) is 22.0 Å². The Balaban J connectivity index is 0.00000289. The first-order valence-corrected chi connectivity index (χ1v) is 11.2. The second-order valence-electron chi connectivity index (χ2n) is 8.03. The van der Waals surface area contributed by atoms with Crippen molar-refractivity contribution in [1.29, 1.82) is 0 Å². The number of nitrogens with zero attached hydrogens (tertiary/aromatic N) is 4. The number of benzene rings is 2. The monoisotopic (exact) mass is 456 g/mol. The summed E-state index contributed by atoms with van der Waals surface area (Å²) in [5.74, 6) is 0. The molecule has 0 radical (unpaired) electrons. The van der Waals surface area contributed by atoms with E-state index in [1.54, 1.807) is 0 Å². The van der Waals surface area contributed by atoms with Gasteiger partial charge in [-0.25, -0.2) is 4.79 Å². The number of hydrogen-bond acceptors (Lipinski definition) is 4. The molecule has 1 aliphatic rings. The molecule has 1 saturated heterocycles. The molecule has 1 aliphatic heterocycles. The number of amides is 1. The van der Waals surface area contributed by atoms with Crippen molar-refractivity contribution in [3.8, 4) is 11.1 Å². The summed E-state index contributed by atoms with van der Waals surface area (Å²) >= 11 is 0. The van der Waals surface area contributed by atoms with Gasteiger partial charge < -0.3 is 14.6 Å². The lowest BCUT2D eigenvalue weighted by molar-refractivity contribution is 0.0794. The van der Waals surface area contributed by atoms with Gasteiger partial charge in [0.25, 0.3) is 0 Å². The van der Waals surface area contributed by atoms with Crippen LogP contribution in [0, 0.1) is 0 Å². The topological polar surface area (TPSA) is 41.0 Å². The van der Waals surface area contributed by atoms with Gasteiger partial charge in [-0.1, -0.05) is 48.5 Å². The highest BCUT2D eigenvalue weighted by Gasteiger charge is 2.21. The van der Waals surface area contributed by atoms with Gasteiger partial charge in [-0.15, -0.1) is 12.4 Å². The van der Waals surface area contributed by atoms with Crippen LogP contribution in [-0.4, -0.2) is 73.5 Å². The fourth-order valence-corrected chi connectivity index (χ4v) is 4.29. The number of rotatable bonds is 7. The van der Waals surface area contributed by atoms with Gasteiger partial charge in [0.05, 0.1) is 12.1 Å². The Kier molecular flexibility index (Phi) is 8.42. The van der Waals surface area contributed by atoms with Gasteiger partial charge in [-0.05, 0) is 25.0 Å². The van der Waals surface area contributed by atoms with E-state index in [2.05, 4.69) is 82.4 Å². The van der Waals surface area contributed by atoms with Gasteiger partial charge >= 0.3 is 6.09 Å².